The Balaban J connectivity index is 1.25. The number of aryl methyl sites for hydroxylation is 1. The number of benzene rings is 2. The SMILES string of the molecule is C=CC(=O)N1CC2(CCN(c3nc(OC[C@@H]4COCCN4CCOC)nc4c(OCC(F)(F)F)c(-c5c(C)ccc6[nH]ncc56)c(C5CC5)cc34)CC2)C1. The topological polar surface area (TPSA) is 118 Å². The van der Waals surface area contributed by atoms with E-state index in [1.165, 1.54) is 6.08 Å². The maximum Gasteiger partial charge on any atom is 0.422 e. The van der Waals surface area contributed by atoms with E-state index < -0.39 is 12.8 Å². The molecule has 3 aliphatic heterocycles. The first-order chi connectivity index (χ1) is 26.1. The largest absolute Gasteiger partial charge is 0.481 e. The molecule has 54 heavy (non-hydrogen) atoms. The average molecular weight is 750 g/mol. The lowest BCUT2D eigenvalue weighted by atomic mass is 9.72. The van der Waals surface area contributed by atoms with Crippen molar-refractivity contribution in [3.63, 3.8) is 0 Å². The number of anilines is 1. The number of morpholine rings is 1. The molecule has 1 amide bonds. The molecule has 288 valence electrons. The van der Waals surface area contributed by atoms with Gasteiger partial charge in [-0.1, -0.05) is 12.6 Å². The lowest BCUT2D eigenvalue weighted by Gasteiger charge is -2.54. The highest BCUT2D eigenvalue weighted by atomic mass is 19.4. The number of methoxy groups -OCH3 is 1. The summed E-state index contributed by atoms with van der Waals surface area (Å²) in [5.74, 6) is 0.737. The molecule has 4 aliphatic rings. The van der Waals surface area contributed by atoms with Crippen LogP contribution >= 0.6 is 0 Å². The summed E-state index contributed by atoms with van der Waals surface area (Å²) in [5.41, 5.74) is 4.20. The first-order valence-corrected chi connectivity index (χ1v) is 18.7. The summed E-state index contributed by atoms with van der Waals surface area (Å²) in [5, 5.41) is 8.70. The molecule has 2 aromatic heterocycles. The zero-order chi connectivity index (χ0) is 37.6. The summed E-state index contributed by atoms with van der Waals surface area (Å²) in [6, 6.07) is 5.90. The zero-order valence-corrected chi connectivity index (χ0v) is 30.7. The van der Waals surface area contributed by atoms with Crippen LogP contribution in [0.25, 0.3) is 32.9 Å². The molecule has 2 aromatic carbocycles. The minimum Gasteiger partial charge on any atom is -0.481 e. The van der Waals surface area contributed by atoms with Gasteiger partial charge in [-0.2, -0.15) is 28.2 Å². The Morgan fingerprint density at radius 2 is 1.91 bits per heavy atom. The van der Waals surface area contributed by atoms with Gasteiger partial charge in [0.1, 0.15) is 17.9 Å². The Labute approximate surface area is 311 Å². The number of aromatic amines is 1. The number of nitrogens with zero attached hydrogens (tertiary/aromatic N) is 6. The molecule has 3 saturated heterocycles. The highest BCUT2D eigenvalue weighted by Crippen LogP contribution is 2.53. The van der Waals surface area contributed by atoms with E-state index in [0.717, 1.165) is 53.3 Å². The minimum atomic E-state index is -4.59. The van der Waals surface area contributed by atoms with Crippen LogP contribution in [0.1, 0.15) is 42.7 Å². The van der Waals surface area contributed by atoms with Crippen LogP contribution < -0.4 is 14.4 Å². The van der Waals surface area contributed by atoms with E-state index in [9.17, 15) is 18.0 Å². The van der Waals surface area contributed by atoms with Crippen molar-refractivity contribution in [1.29, 1.82) is 0 Å². The van der Waals surface area contributed by atoms with Gasteiger partial charge in [-0.15, -0.1) is 0 Å². The number of alkyl halides is 3. The number of ether oxygens (including phenoxy) is 4. The maximum atomic E-state index is 14.1. The molecule has 4 fully saturated rings. The Morgan fingerprint density at radius 1 is 1.11 bits per heavy atom. The molecule has 1 atom stereocenters. The molecule has 0 unspecified atom stereocenters. The molecule has 5 heterocycles. The van der Waals surface area contributed by atoms with Gasteiger partial charge < -0.3 is 28.7 Å². The van der Waals surface area contributed by atoms with Gasteiger partial charge in [0, 0.05) is 68.1 Å². The number of likely N-dealkylation sites (tertiary alicyclic amines) is 1. The van der Waals surface area contributed by atoms with Crippen LogP contribution in [0.2, 0.25) is 0 Å². The van der Waals surface area contributed by atoms with Crippen molar-refractivity contribution >= 4 is 33.5 Å². The number of rotatable bonds is 12. The molecule has 0 bridgehead atoms. The van der Waals surface area contributed by atoms with Crippen LogP contribution in [0.3, 0.4) is 0 Å². The predicted molar refractivity (Wildman–Crippen MR) is 197 cm³/mol. The molecular formula is C39H46F3N7O5. The Bertz CT molecular complexity index is 2030. The van der Waals surface area contributed by atoms with E-state index in [0.29, 0.717) is 75.9 Å². The molecule has 12 nitrogen and oxygen atoms in total. The van der Waals surface area contributed by atoms with E-state index >= 15 is 0 Å². The summed E-state index contributed by atoms with van der Waals surface area (Å²) in [7, 11) is 1.66. The number of amides is 1. The second-order valence-electron chi connectivity index (χ2n) is 15.1. The van der Waals surface area contributed by atoms with E-state index in [1.54, 1.807) is 13.3 Å². The molecule has 0 radical (unpaired) electrons. The molecule has 1 spiro atoms. The predicted octanol–water partition coefficient (Wildman–Crippen LogP) is 5.64. The van der Waals surface area contributed by atoms with Gasteiger partial charge in [0.25, 0.3) is 0 Å². The van der Waals surface area contributed by atoms with Crippen molar-refractivity contribution in [1.82, 2.24) is 30.0 Å². The third-order valence-corrected chi connectivity index (χ3v) is 11.4. The highest BCUT2D eigenvalue weighted by molar-refractivity contribution is 6.06. The van der Waals surface area contributed by atoms with Crippen LogP contribution in [0.5, 0.6) is 11.8 Å². The number of carbonyl (C=O) groups excluding carboxylic acids is 1. The first-order valence-electron chi connectivity index (χ1n) is 18.7. The number of carbonyl (C=O) groups is 1. The normalized spacial score (nSPS) is 20.4. The van der Waals surface area contributed by atoms with Crippen LogP contribution in [-0.4, -0.2) is 128 Å². The number of fused-ring (bicyclic) bond motifs is 2. The van der Waals surface area contributed by atoms with Crippen LogP contribution in [0.15, 0.2) is 37.1 Å². The Morgan fingerprint density at radius 3 is 2.63 bits per heavy atom. The number of hydrogen-bond donors (Lipinski definition) is 1. The van der Waals surface area contributed by atoms with E-state index in [-0.39, 0.29) is 47.2 Å². The van der Waals surface area contributed by atoms with Gasteiger partial charge in [-0.05, 0) is 73.4 Å². The van der Waals surface area contributed by atoms with Crippen LogP contribution in [0, 0.1) is 12.3 Å². The van der Waals surface area contributed by atoms with Gasteiger partial charge in [-0.3, -0.25) is 14.8 Å². The van der Waals surface area contributed by atoms with Crippen molar-refractivity contribution in [2.24, 2.45) is 5.41 Å². The Kier molecular flexibility index (Phi) is 9.90. The number of halogens is 3. The summed E-state index contributed by atoms with van der Waals surface area (Å²) in [6.07, 6.45) is 1.94. The number of piperidine rings is 1. The molecule has 4 aromatic rings. The second-order valence-corrected chi connectivity index (χ2v) is 15.1. The van der Waals surface area contributed by atoms with Gasteiger partial charge in [-0.25, -0.2) is 0 Å². The van der Waals surface area contributed by atoms with Crippen molar-refractivity contribution in [3.8, 4) is 22.9 Å². The molecule has 1 saturated carbocycles. The fourth-order valence-electron chi connectivity index (χ4n) is 8.33. The third-order valence-electron chi connectivity index (χ3n) is 11.4. The molecular weight excluding hydrogens is 703 g/mol. The first kappa shape index (κ1) is 36.5. The van der Waals surface area contributed by atoms with E-state index in [2.05, 4.69) is 32.6 Å². The van der Waals surface area contributed by atoms with Crippen LogP contribution in [0.4, 0.5) is 19.0 Å². The van der Waals surface area contributed by atoms with Crippen molar-refractivity contribution in [2.75, 3.05) is 84.3 Å². The van der Waals surface area contributed by atoms with Gasteiger partial charge in [0.05, 0.1) is 37.6 Å². The van der Waals surface area contributed by atoms with E-state index in [4.69, 9.17) is 28.9 Å². The quantitative estimate of drug-likeness (QED) is 0.183. The number of nitrogens with one attached hydrogen (secondary N) is 1. The molecule has 1 aliphatic carbocycles. The average Bonchev–Trinajstić information content (AvgIpc) is 3.89. The Hall–Kier alpha value is -4.47. The standard InChI is InChI=1S/C39H46F3N7O5/c1-4-31(50)49-21-38(22-49)9-11-48(12-10-38)36-28-17-27(25-6-7-25)33(32-24(2)5-8-30-29(32)18-43-46-30)35(54-23-39(40,41)42)34(28)44-37(45-36)53-20-26-19-52-16-14-47(26)13-15-51-3/h4-5,8,17-18,25-26H,1,6-7,9-16,19-23H2,2-3H3,(H,43,46)/t26-/m0/s1. The lowest BCUT2D eigenvalue weighted by molar-refractivity contribution is -0.153. The van der Waals surface area contributed by atoms with Crippen molar-refractivity contribution < 1.29 is 36.9 Å². The fraction of sp³-hybridized carbons (Fsp3) is 0.538. The number of hydrogen-bond acceptors (Lipinski definition) is 10. The summed E-state index contributed by atoms with van der Waals surface area (Å²) >= 11 is 0. The third kappa shape index (κ3) is 7.20. The fourth-order valence-corrected chi connectivity index (χ4v) is 8.33. The summed E-state index contributed by atoms with van der Waals surface area (Å²) < 4.78 is 65.7. The van der Waals surface area contributed by atoms with E-state index in [1.807, 2.05) is 24.0 Å². The molecule has 15 heteroatoms. The van der Waals surface area contributed by atoms with Crippen LogP contribution in [-0.2, 0) is 14.3 Å². The summed E-state index contributed by atoms with van der Waals surface area (Å²) in [6.45, 7) is 9.98. The highest BCUT2D eigenvalue weighted by Gasteiger charge is 2.46. The summed E-state index contributed by atoms with van der Waals surface area (Å²) in [4.78, 5) is 28.4. The molecule has 8 rings (SSSR count). The number of H-pyrrole nitrogens is 1. The number of aromatic nitrogens is 4. The lowest BCUT2D eigenvalue weighted by Crippen LogP contribution is -2.61. The van der Waals surface area contributed by atoms with Gasteiger partial charge in [0.2, 0.25) is 5.91 Å². The van der Waals surface area contributed by atoms with Gasteiger partial charge >= 0.3 is 12.2 Å². The monoisotopic (exact) mass is 749 g/mol. The minimum absolute atomic E-state index is 0.0120. The zero-order valence-electron chi connectivity index (χ0n) is 30.7. The second kappa shape index (κ2) is 14.6. The van der Waals surface area contributed by atoms with Crippen molar-refractivity contribution in [2.45, 2.75) is 50.7 Å². The smallest absolute Gasteiger partial charge is 0.422 e. The van der Waals surface area contributed by atoms with Crippen molar-refractivity contribution in [3.05, 3.63) is 48.2 Å². The van der Waals surface area contributed by atoms with Gasteiger partial charge in [0.15, 0.2) is 12.4 Å². The maximum absolute atomic E-state index is 14.1. The molecule has 1 N–H and O–H groups in total.